The Labute approximate surface area is 359 Å². The fourth-order valence-corrected chi connectivity index (χ4v) is 14.7. The van der Waals surface area contributed by atoms with Crippen molar-refractivity contribution in [2.24, 2.45) is 16.9 Å². The Balaban J connectivity index is 1.61. The number of carbonyl (C=O) groups excluding carboxylic acids is 4. The number of ether oxygens (including phenoxy) is 2. The molecule has 1 aliphatic carbocycles. The molecule has 4 rings (SSSR count). The van der Waals surface area contributed by atoms with Crippen molar-refractivity contribution in [3.8, 4) is 11.5 Å². The molecule has 7 N–H and O–H groups in total. The molecule has 2 atom stereocenters. The van der Waals surface area contributed by atoms with Gasteiger partial charge in [-0.3, -0.25) is 14.9 Å². The number of nitrogens with two attached hydrogens (primary N) is 2. The molecule has 5 amide bonds. The maximum Gasteiger partial charge on any atom is 0.411 e. The fraction of sp³-hybridized carbons (Fsp3) is 0.636. The lowest BCUT2D eigenvalue weighted by molar-refractivity contribution is -0.118. The van der Waals surface area contributed by atoms with Crippen LogP contribution in [0.5, 0.6) is 11.5 Å². The Morgan fingerprint density at radius 3 is 2.07 bits per heavy atom. The highest BCUT2D eigenvalue weighted by molar-refractivity contribution is 6.78. The van der Waals surface area contributed by atoms with E-state index in [0.29, 0.717) is 60.9 Å². The largest absolute Gasteiger partial charge is 0.540 e. The van der Waals surface area contributed by atoms with Gasteiger partial charge < -0.3 is 45.3 Å². The Kier molecular flexibility index (Phi) is 15.8. The van der Waals surface area contributed by atoms with Gasteiger partial charge in [-0.05, 0) is 96.0 Å². The highest BCUT2D eigenvalue weighted by atomic mass is 28.4. The van der Waals surface area contributed by atoms with E-state index >= 15 is 0 Å². The molecule has 2 aliphatic rings. The normalized spacial score (nSPS) is 16.9. The van der Waals surface area contributed by atoms with E-state index in [1.54, 1.807) is 43.5 Å². The van der Waals surface area contributed by atoms with E-state index in [1.807, 2.05) is 4.90 Å². The van der Waals surface area contributed by atoms with Crippen LogP contribution in [-0.2, 0) is 20.6 Å². The zero-order valence-corrected chi connectivity index (χ0v) is 40.1. The van der Waals surface area contributed by atoms with Crippen molar-refractivity contribution in [1.29, 1.82) is 0 Å². The van der Waals surface area contributed by atoms with Crippen LogP contribution in [0.4, 0.5) is 21.0 Å². The van der Waals surface area contributed by atoms with Crippen LogP contribution >= 0.6 is 0 Å². The Morgan fingerprint density at radius 2 is 1.55 bits per heavy atom. The number of carbonyl (C=O) groups is 4. The summed E-state index contributed by atoms with van der Waals surface area (Å²) in [5, 5.41) is 8.55. The second-order valence-electron chi connectivity index (χ2n) is 19.3. The van der Waals surface area contributed by atoms with Gasteiger partial charge in [0.25, 0.3) is 14.2 Å². The number of nitrogens with one attached hydrogen (secondary N) is 3. The summed E-state index contributed by atoms with van der Waals surface area (Å²) < 4.78 is 25.5. The number of nitrogens with zero attached hydrogens (tertiary/aromatic N) is 1. The Morgan fingerprint density at radius 1 is 0.933 bits per heavy atom. The Hall–Kier alpha value is -4.29. The third kappa shape index (κ3) is 11.7. The smallest absolute Gasteiger partial charge is 0.411 e. The van der Waals surface area contributed by atoms with Crippen molar-refractivity contribution in [2.75, 3.05) is 37.4 Å². The van der Waals surface area contributed by atoms with Gasteiger partial charge in [-0.2, -0.15) is 0 Å². The second-order valence-corrected chi connectivity index (χ2v) is 29.4. The minimum absolute atomic E-state index is 0.0264. The quantitative estimate of drug-likeness (QED) is 0.0639. The van der Waals surface area contributed by atoms with Crippen molar-refractivity contribution in [3.05, 3.63) is 47.5 Å². The lowest BCUT2D eigenvalue weighted by Crippen LogP contribution is -2.50. The van der Waals surface area contributed by atoms with Crippen LogP contribution in [0.3, 0.4) is 0 Å². The van der Waals surface area contributed by atoms with Crippen LogP contribution in [-0.4, -0.2) is 84.4 Å². The van der Waals surface area contributed by atoms with Gasteiger partial charge in [-0.1, -0.05) is 74.4 Å². The van der Waals surface area contributed by atoms with Crippen LogP contribution in [0.25, 0.3) is 0 Å². The van der Waals surface area contributed by atoms with E-state index in [1.165, 1.54) is 0 Å². The van der Waals surface area contributed by atoms with E-state index < -0.39 is 40.7 Å². The van der Waals surface area contributed by atoms with E-state index in [-0.39, 0.29) is 51.3 Å². The third-order valence-corrected chi connectivity index (χ3v) is 23.5. The molecule has 334 valence electrons. The number of urea groups is 1. The molecule has 1 heterocycles. The molecule has 1 saturated heterocycles. The first-order valence-electron chi connectivity index (χ1n) is 21.4. The second kappa shape index (κ2) is 19.6. The van der Waals surface area contributed by atoms with Gasteiger partial charge in [-0.15, -0.1) is 0 Å². The first kappa shape index (κ1) is 48.4. The van der Waals surface area contributed by atoms with Crippen molar-refractivity contribution >= 4 is 51.9 Å². The molecule has 2 aromatic rings. The van der Waals surface area contributed by atoms with E-state index in [0.717, 1.165) is 19.3 Å². The molecule has 0 aromatic heterocycles. The average Bonchev–Trinajstić information content (AvgIpc) is 3.82. The summed E-state index contributed by atoms with van der Waals surface area (Å²) in [7, 11) is -3.01. The zero-order chi connectivity index (χ0) is 44.8. The number of hydrogen-bond donors (Lipinski definition) is 5. The molecule has 1 saturated carbocycles. The summed E-state index contributed by atoms with van der Waals surface area (Å²) in [6.45, 7) is 25.7. The van der Waals surface area contributed by atoms with E-state index in [4.69, 9.17) is 29.8 Å². The van der Waals surface area contributed by atoms with Crippen LogP contribution < -0.4 is 36.6 Å². The first-order valence-corrected chi connectivity index (χ1v) is 26.5. The Bertz CT molecular complexity index is 1810. The van der Waals surface area contributed by atoms with E-state index in [9.17, 15) is 19.2 Å². The number of benzene rings is 2. The first-order chi connectivity index (χ1) is 27.9. The molecular weight excluding hydrogens is 797 g/mol. The number of methoxy groups -OCH3 is 1. The standard InChI is InChI=1S/C44H72N6O8Si2/c1-28(2)60(29(3)4,30(5)6)58-38-23-36(49-42(54)56-25-31-15-17-32(18-16-31)48-35(39(45)51)14-13-21-47-41(46)53)34(22-37(38)55-10)40(52)50-27-44(19-20-44)24-33(50)26-57-59(11,12)43(7,8)9/h15-18,22-23,28-30,33,35,48H,13-14,19-21,24-27H2,1-12H3,(H2,45,51)(H,49,54)(H3,46,47,53)/t33-,35-/m0/s1. The minimum atomic E-state index is -2.49. The van der Waals surface area contributed by atoms with Gasteiger partial charge in [0.05, 0.1) is 31.0 Å². The van der Waals surface area contributed by atoms with Gasteiger partial charge in [0.2, 0.25) is 5.91 Å². The maximum absolute atomic E-state index is 14.9. The van der Waals surface area contributed by atoms with Crippen LogP contribution in [0, 0.1) is 5.41 Å². The lowest BCUT2D eigenvalue weighted by atomic mass is 10.0. The summed E-state index contributed by atoms with van der Waals surface area (Å²) in [6.07, 6.45) is 3.19. The molecule has 16 heteroatoms. The molecule has 1 aliphatic heterocycles. The summed E-state index contributed by atoms with van der Waals surface area (Å²) >= 11 is 0. The maximum atomic E-state index is 14.9. The van der Waals surface area contributed by atoms with Crippen molar-refractivity contribution < 1.29 is 37.5 Å². The average molecular weight is 869 g/mol. The third-order valence-electron chi connectivity index (χ3n) is 13.0. The predicted octanol–water partition coefficient (Wildman–Crippen LogP) is 8.73. The number of amides is 5. The monoisotopic (exact) mass is 868 g/mol. The number of hydrogen-bond acceptors (Lipinski definition) is 9. The zero-order valence-electron chi connectivity index (χ0n) is 38.1. The van der Waals surface area contributed by atoms with Gasteiger partial charge in [0.15, 0.2) is 14.1 Å². The molecule has 2 aromatic carbocycles. The number of anilines is 2. The SMILES string of the molecule is COc1cc(C(=O)N2CC3(CC3)C[C@H]2CO[Si](C)(C)C(C)(C)C)c(NC(=O)OCc2ccc(N[C@@H](CCCNC(N)=O)C(N)=O)cc2)cc1O[Si](C(C)C)(C(C)C)C(C)C. The topological polar surface area (TPSA) is 197 Å². The molecule has 2 fully saturated rings. The fourth-order valence-electron chi connectivity index (χ4n) is 8.39. The number of rotatable bonds is 20. The predicted molar refractivity (Wildman–Crippen MR) is 243 cm³/mol. The van der Waals surface area contributed by atoms with Crippen molar-refractivity contribution in [2.45, 2.75) is 148 Å². The summed E-state index contributed by atoms with van der Waals surface area (Å²) in [5.41, 5.74) is 13.5. The molecule has 14 nitrogen and oxygen atoms in total. The van der Waals surface area contributed by atoms with Crippen molar-refractivity contribution in [1.82, 2.24) is 10.2 Å². The number of likely N-dealkylation sites (tertiary alicyclic amines) is 1. The molecule has 0 radical (unpaired) electrons. The van der Waals surface area contributed by atoms with Crippen LogP contribution in [0.2, 0.25) is 34.8 Å². The highest BCUT2D eigenvalue weighted by Gasteiger charge is 2.54. The number of primary amides is 2. The summed E-state index contributed by atoms with van der Waals surface area (Å²) in [5.74, 6) is 0.177. The molecule has 0 unspecified atom stereocenters. The molecule has 1 spiro atoms. The van der Waals surface area contributed by atoms with Crippen LogP contribution in [0.1, 0.15) is 110 Å². The van der Waals surface area contributed by atoms with Crippen LogP contribution in [0.15, 0.2) is 36.4 Å². The minimum Gasteiger partial charge on any atom is -0.540 e. The molecular formula is C44H72N6O8Si2. The van der Waals surface area contributed by atoms with Gasteiger partial charge in [0, 0.05) is 24.8 Å². The molecule has 0 bridgehead atoms. The van der Waals surface area contributed by atoms with Gasteiger partial charge in [0.1, 0.15) is 18.4 Å². The van der Waals surface area contributed by atoms with Gasteiger partial charge >= 0.3 is 12.1 Å². The highest BCUT2D eigenvalue weighted by Crippen LogP contribution is 2.55. The molecule has 60 heavy (non-hydrogen) atoms. The van der Waals surface area contributed by atoms with Gasteiger partial charge in [-0.25, -0.2) is 9.59 Å². The van der Waals surface area contributed by atoms with E-state index in [2.05, 4.69) is 91.4 Å². The lowest BCUT2D eigenvalue weighted by Gasteiger charge is -2.42. The van der Waals surface area contributed by atoms with Crippen molar-refractivity contribution in [3.63, 3.8) is 0 Å². The summed E-state index contributed by atoms with van der Waals surface area (Å²) in [6, 6.07) is 9.12. The summed E-state index contributed by atoms with van der Waals surface area (Å²) in [4.78, 5) is 53.5.